The summed E-state index contributed by atoms with van der Waals surface area (Å²) in [6.07, 6.45) is 0.870. The predicted octanol–water partition coefficient (Wildman–Crippen LogP) is 0.364. The molecule has 2 nitrogen and oxygen atoms in total. The second kappa shape index (κ2) is 1.62. The third-order valence-corrected chi connectivity index (χ3v) is 1.15. The highest BCUT2D eigenvalue weighted by atomic mass is 16.5. The Morgan fingerprint density at radius 2 is 2.43 bits per heavy atom. The van der Waals surface area contributed by atoms with Crippen molar-refractivity contribution in [2.45, 2.75) is 19.4 Å². The third-order valence-electron chi connectivity index (χ3n) is 1.15. The first kappa shape index (κ1) is 4.78. The van der Waals surface area contributed by atoms with Crippen LogP contribution >= 0.6 is 0 Å². The number of ketones is 1. The van der Waals surface area contributed by atoms with Crippen LogP contribution in [0, 0.1) is 0 Å². The number of Topliss-reactive ketones (excluding diaryl/α,β-unsaturated/α-hetero) is 1. The quantitative estimate of drug-likeness (QED) is 0.475. The molecule has 1 saturated heterocycles. The van der Waals surface area contributed by atoms with Crippen LogP contribution in [0.4, 0.5) is 0 Å². The maximum atomic E-state index is 10.3. The number of carbonyl (C=O) groups is 1. The maximum Gasteiger partial charge on any atom is 0.158 e. The van der Waals surface area contributed by atoms with Crippen LogP contribution in [0.15, 0.2) is 0 Å². The fourth-order valence-electron chi connectivity index (χ4n) is 0.556. The predicted molar refractivity (Wildman–Crippen MR) is 25.0 cm³/mol. The van der Waals surface area contributed by atoms with Gasteiger partial charge in [-0.05, 0) is 6.92 Å². The Morgan fingerprint density at radius 1 is 1.86 bits per heavy atom. The highest BCUT2D eigenvalue weighted by molar-refractivity contribution is 5.80. The zero-order valence-electron chi connectivity index (χ0n) is 4.31. The lowest BCUT2D eigenvalue weighted by atomic mass is 10.1. The Bertz CT molecular complexity index is 84.1. The van der Waals surface area contributed by atoms with Crippen LogP contribution in [-0.4, -0.2) is 18.5 Å². The molecule has 1 aliphatic rings. The van der Waals surface area contributed by atoms with E-state index in [1.807, 2.05) is 0 Å². The number of hydrogen-bond donors (Lipinski definition) is 0. The normalized spacial score (nSPS) is 29.0. The van der Waals surface area contributed by atoms with Crippen molar-refractivity contribution in [3.8, 4) is 0 Å². The average molecular weight is 100 g/mol. The third kappa shape index (κ3) is 0.800. The maximum absolute atomic E-state index is 10.3. The van der Waals surface area contributed by atoms with Gasteiger partial charge in [0.05, 0.1) is 6.61 Å². The molecule has 0 saturated carbocycles. The number of carbonyl (C=O) groups excluding carboxylic acids is 1. The number of hydrogen-bond acceptors (Lipinski definition) is 2. The first-order valence-electron chi connectivity index (χ1n) is 2.43. The van der Waals surface area contributed by atoms with Crippen molar-refractivity contribution in [2.75, 3.05) is 6.61 Å². The molecular weight excluding hydrogens is 92.1 g/mol. The van der Waals surface area contributed by atoms with E-state index in [0.717, 1.165) is 13.0 Å². The molecule has 1 aliphatic heterocycles. The van der Waals surface area contributed by atoms with Gasteiger partial charge in [-0.3, -0.25) is 4.79 Å². The highest BCUT2D eigenvalue weighted by Crippen LogP contribution is 2.10. The van der Waals surface area contributed by atoms with Crippen molar-refractivity contribution in [3.63, 3.8) is 0 Å². The largest absolute Gasteiger partial charge is 0.370 e. The lowest BCUT2D eigenvalue weighted by Crippen LogP contribution is -2.32. The van der Waals surface area contributed by atoms with Crippen LogP contribution in [0.2, 0.25) is 0 Å². The van der Waals surface area contributed by atoms with E-state index < -0.39 is 0 Å². The highest BCUT2D eigenvalue weighted by Gasteiger charge is 2.21. The van der Waals surface area contributed by atoms with Crippen molar-refractivity contribution in [1.29, 1.82) is 0 Å². The lowest BCUT2D eigenvalue weighted by Gasteiger charge is -2.22. The van der Waals surface area contributed by atoms with Crippen LogP contribution < -0.4 is 0 Å². The van der Waals surface area contributed by atoms with E-state index in [9.17, 15) is 4.79 Å². The summed E-state index contributed by atoms with van der Waals surface area (Å²) < 4.78 is 4.84. The van der Waals surface area contributed by atoms with E-state index in [1.54, 1.807) is 6.92 Å². The second-order valence-electron chi connectivity index (χ2n) is 1.76. The molecule has 1 fully saturated rings. The molecule has 1 atom stereocenters. The van der Waals surface area contributed by atoms with Gasteiger partial charge in [-0.1, -0.05) is 0 Å². The zero-order valence-corrected chi connectivity index (χ0v) is 4.31. The molecule has 1 rings (SSSR count). The fourth-order valence-corrected chi connectivity index (χ4v) is 0.556. The van der Waals surface area contributed by atoms with Crippen molar-refractivity contribution in [1.82, 2.24) is 0 Å². The zero-order chi connectivity index (χ0) is 5.28. The van der Waals surface area contributed by atoms with Gasteiger partial charge in [-0.25, -0.2) is 0 Å². The molecule has 0 N–H and O–H groups in total. The molecule has 40 valence electrons. The van der Waals surface area contributed by atoms with Gasteiger partial charge in [-0.2, -0.15) is 0 Å². The van der Waals surface area contributed by atoms with Gasteiger partial charge in [0.25, 0.3) is 0 Å². The molecule has 2 heteroatoms. The summed E-state index contributed by atoms with van der Waals surface area (Å²) in [7, 11) is 0. The van der Waals surface area contributed by atoms with Gasteiger partial charge >= 0.3 is 0 Å². The summed E-state index contributed by atoms with van der Waals surface area (Å²) in [5.74, 6) is 0.159. The number of ether oxygens (including phenoxy) is 1. The number of rotatable bonds is 1. The van der Waals surface area contributed by atoms with E-state index in [-0.39, 0.29) is 11.9 Å². The van der Waals surface area contributed by atoms with Crippen LogP contribution in [0.1, 0.15) is 13.3 Å². The Balaban J connectivity index is 2.27. The molecule has 0 aromatic carbocycles. The van der Waals surface area contributed by atoms with E-state index in [4.69, 9.17) is 4.74 Å². The molecule has 0 aromatic heterocycles. The lowest BCUT2D eigenvalue weighted by molar-refractivity contribution is -0.140. The molecule has 1 unspecified atom stereocenters. The summed E-state index contributed by atoms with van der Waals surface area (Å²) in [5.41, 5.74) is 0. The molecule has 0 amide bonds. The topological polar surface area (TPSA) is 26.3 Å². The monoisotopic (exact) mass is 100 g/mol. The Labute approximate surface area is 42.5 Å². The fraction of sp³-hybridized carbons (Fsp3) is 0.800. The van der Waals surface area contributed by atoms with Crippen molar-refractivity contribution >= 4 is 5.78 Å². The molecule has 0 radical (unpaired) electrons. The van der Waals surface area contributed by atoms with Gasteiger partial charge < -0.3 is 4.74 Å². The summed E-state index contributed by atoms with van der Waals surface area (Å²) in [6, 6.07) is 0. The minimum atomic E-state index is -0.0556. The smallest absolute Gasteiger partial charge is 0.158 e. The summed E-state index contributed by atoms with van der Waals surface area (Å²) in [5, 5.41) is 0. The molecule has 0 bridgehead atoms. The molecule has 0 aliphatic carbocycles. The van der Waals surface area contributed by atoms with Crippen LogP contribution in [0.5, 0.6) is 0 Å². The van der Waals surface area contributed by atoms with Crippen LogP contribution in [0.25, 0.3) is 0 Å². The molecule has 1 heterocycles. The van der Waals surface area contributed by atoms with Crippen LogP contribution in [0.3, 0.4) is 0 Å². The summed E-state index contributed by atoms with van der Waals surface area (Å²) >= 11 is 0. The van der Waals surface area contributed by atoms with Crippen LogP contribution in [-0.2, 0) is 9.53 Å². The molecule has 0 aromatic rings. The Morgan fingerprint density at radius 3 is 2.43 bits per heavy atom. The first-order chi connectivity index (χ1) is 3.30. The van der Waals surface area contributed by atoms with Crippen molar-refractivity contribution in [2.24, 2.45) is 0 Å². The minimum Gasteiger partial charge on any atom is -0.370 e. The van der Waals surface area contributed by atoms with Gasteiger partial charge in [0, 0.05) is 6.42 Å². The van der Waals surface area contributed by atoms with Gasteiger partial charge in [0.15, 0.2) is 5.78 Å². The van der Waals surface area contributed by atoms with E-state index in [1.165, 1.54) is 0 Å². The molecular formula is C5H8O2. The summed E-state index contributed by atoms with van der Waals surface area (Å²) in [6.45, 7) is 2.33. The average Bonchev–Trinajstić information content (AvgIpc) is 1.23. The Kier molecular flexibility index (Phi) is 1.11. The SMILES string of the molecule is CC(=O)C1CCO1. The van der Waals surface area contributed by atoms with Gasteiger partial charge in [-0.15, -0.1) is 0 Å². The minimum absolute atomic E-state index is 0.0556. The standard InChI is InChI=1S/C5H8O2/c1-4(6)5-2-3-7-5/h5H,2-3H2,1H3. The van der Waals surface area contributed by atoms with E-state index >= 15 is 0 Å². The first-order valence-corrected chi connectivity index (χ1v) is 2.43. The van der Waals surface area contributed by atoms with Gasteiger partial charge in [0.2, 0.25) is 0 Å². The second-order valence-corrected chi connectivity index (χ2v) is 1.76. The Hall–Kier alpha value is -0.370. The molecule has 7 heavy (non-hydrogen) atoms. The van der Waals surface area contributed by atoms with Crippen molar-refractivity contribution in [3.05, 3.63) is 0 Å². The van der Waals surface area contributed by atoms with E-state index in [2.05, 4.69) is 0 Å². The summed E-state index contributed by atoms with van der Waals surface area (Å²) in [4.78, 5) is 10.3. The van der Waals surface area contributed by atoms with Crippen molar-refractivity contribution < 1.29 is 9.53 Å². The van der Waals surface area contributed by atoms with Gasteiger partial charge in [0.1, 0.15) is 6.10 Å². The molecule has 0 spiro atoms. The van der Waals surface area contributed by atoms with E-state index in [0.29, 0.717) is 0 Å².